The van der Waals surface area contributed by atoms with E-state index in [1.165, 1.54) is 83.0 Å². The van der Waals surface area contributed by atoms with Gasteiger partial charge >= 0.3 is 11.7 Å². The highest BCUT2D eigenvalue weighted by molar-refractivity contribution is 7.99. The number of likely N-dealkylation sites (N-methyl/N-ethyl adjacent to an activating group) is 1. The summed E-state index contributed by atoms with van der Waals surface area (Å²) in [6.07, 6.45) is 8.60. The number of pyridine rings is 1. The Bertz CT molecular complexity index is 2990. The fourth-order valence-electron chi connectivity index (χ4n) is 8.30. The molecule has 4 heterocycles. The number of nitrogens with one attached hydrogen (secondary N) is 1. The van der Waals surface area contributed by atoms with Crippen LogP contribution in [0.25, 0.3) is 11.2 Å². The maximum atomic E-state index is 11.7. The number of aromatic carboxylic acids is 1. The van der Waals surface area contributed by atoms with Gasteiger partial charge in [-0.15, -0.1) is 0 Å². The number of amides is 1. The quantitative estimate of drug-likeness (QED) is 0.101. The summed E-state index contributed by atoms with van der Waals surface area (Å²) in [5.74, 6) is 0.251. The summed E-state index contributed by atoms with van der Waals surface area (Å²) in [6, 6.07) is 35.1. The van der Waals surface area contributed by atoms with E-state index in [1.807, 2.05) is 36.0 Å². The summed E-state index contributed by atoms with van der Waals surface area (Å²) in [6.45, 7) is 5.63. The number of carboxylic acid groups (broad SMARTS) is 1. The van der Waals surface area contributed by atoms with Gasteiger partial charge in [0, 0.05) is 81.0 Å². The Balaban J connectivity index is 0.000000174. The van der Waals surface area contributed by atoms with Gasteiger partial charge in [-0.1, -0.05) is 61.0 Å². The molecule has 73 heavy (non-hydrogen) atoms. The Labute approximate surface area is 431 Å². The first-order valence-electron chi connectivity index (χ1n) is 23.8. The fraction of sp³-hybridized carbons (Fsp3) is 0.345. The van der Waals surface area contributed by atoms with Crippen LogP contribution in [0.4, 0.5) is 17.1 Å². The molecule has 4 aromatic carbocycles. The number of aryl methyl sites for hydroxylation is 2. The molecule has 1 amide bonds. The van der Waals surface area contributed by atoms with Crippen molar-refractivity contribution in [3.63, 3.8) is 0 Å². The van der Waals surface area contributed by atoms with E-state index >= 15 is 0 Å². The van der Waals surface area contributed by atoms with E-state index in [0.29, 0.717) is 28.8 Å². The number of carbonyl (C=O) groups is 2. The number of aromatic nitrogens is 5. The average Bonchev–Trinajstić information content (AvgIpc) is 3.78. The summed E-state index contributed by atoms with van der Waals surface area (Å²) >= 11 is 1.87. The third kappa shape index (κ3) is 15.1. The van der Waals surface area contributed by atoms with Crippen molar-refractivity contribution in [1.29, 1.82) is 0 Å². The zero-order valence-corrected chi connectivity index (χ0v) is 44.2. The number of aromatic hydroxyl groups is 1. The van der Waals surface area contributed by atoms with Gasteiger partial charge in [-0.05, 0) is 126 Å². The summed E-state index contributed by atoms with van der Waals surface area (Å²) in [7, 11) is 14.9. The van der Waals surface area contributed by atoms with Gasteiger partial charge in [0.1, 0.15) is 11.5 Å². The largest absolute Gasteiger partial charge is 0.508 e. The predicted octanol–water partition coefficient (Wildman–Crippen LogP) is 7.98. The summed E-state index contributed by atoms with van der Waals surface area (Å²) in [5, 5.41) is 31.0. The van der Waals surface area contributed by atoms with Crippen molar-refractivity contribution in [1.82, 2.24) is 33.5 Å². The van der Waals surface area contributed by atoms with E-state index in [2.05, 4.69) is 114 Å². The zero-order chi connectivity index (χ0) is 53.4. The lowest BCUT2D eigenvalue weighted by Gasteiger charge is -2.41. The Morgan fingerprint density at radius 2 is 1.52 bits per heavy atom. The number of para-hydroxylation sites is 2. The van der Waals surface area contributed by atoms with Gasteiger partial charge in [0.2, 0.25) is 5.91 Å². The van der Waals surface area contributed by atoms with Crippen molar-refractivity contribution in [2.45, 2.75) is 61.0 Å². The standard InChI is InChI=1S/C17H20N2S.C16H25NO2.C8H10N4O2.C8H9NO2.C6H5NO2/c1-13(18(2)3)12-19-14-8-4-6-10-16(14)20-17-11-7-5-9-15(17)19;1-17(2)12-14-7-4-5-10-16(14,18)13-8-6-9-15(11-13)19-3;1-10-4-9-6-5(10)7(13)12(3)8(14)11(6)2;1-6(10)9-7-2-4-8(11)5-3-7;8-6(9)5-2-1-3-7-4-5/h4-11,13H,12H2,1-3H3;6,8-9,11,14,18H,4-5,7,10,12H2,1-3H3;4H,1-3H3;2-5,11H,1H3,(H,9,10);1-4H,(H,8,9)/t;14-,16+;;;/m.1.../s1. The number of fused-ring (bicyclic) bond motifs is 3. The molecule has 1 fully saturated rings. The Morgan fingerprint density at radius 3 is 2.07 bits per heavy atom. The topological polar surface area (TPSA) is 201 Å². The van der Waals surface area contributed by atoms with E-state index in [-0.39, 0.29) is 28.5 Å². The predicted molar refractivity (Wildman–Crippen MR) is 289 cm³/mol. The third-order valence-corrected chi connectivity index (χ3v) is 13.6. The lowest BCUT2D eigenvalue weighted by molar-refractivity contribution is -0.114. The van der Waals surface area contributed by atoms with Gasteiger partial charge in [-0.2, -0.15) is 0 Å². The second kappa shape index (κ2) is 26.4. The molecule has 4 N–H and O–H groups in total. The lowest BCUT2D eigenvalue weighted by atomic mass is 9.71. The van der Waals surface area contributed by atoms with Crippen molar-refractivity contribution in [3.05, 3.63) is 160 Å². The van der Waals surface area contributed by atoms with Crippen molar-refractivity contribution >= 4 is 51.9 Å². The molecule has 0 spiro atoms. The molecule has 0 bridgehead atoms. The van der Waals surface area contributed by atoms with Gasteiger partial charge < -0.3 is 44.6 Å². The SMILES string of the molecule is CC(=O)Nc1ccc(O)cc1.CC(CN1c2ccccc2Sc2ccccc21)N(C)C.COc1cccc([C@@]2(O)CCCC[C@@H]2CN(C)C)c1.Cn1c(=O)c2c(ncn2C)n(C)c1=O.O=C(O)c1cccnc1. The Hall–Kier alpha value is -7.25. The molecule has 1 unspecified atom stereocenters. The van der Waals surface area contributed by atoms with Gasteiger partial charge in [0.15, 0.2) is 11.2 Å². The number of rotatable bonds is 9. The summed E-state index contributed by atoms with van der Waals surface area (Å²) in [5.41, 5.74) is 4.03. The number of carbonyl (C=O) groups excluding carboxylic acids is 1. The fourth-order valence-corrected chi connectivity index (χ4v) is 9.39. The minimum atomic E-state index is -0.942. The minimum absolute atomic E-state index is 0.115. The van der Waals surface area contributed by atoms with Crippen LogP contribution in [-0.4, -0.2) is 115 Å². The second-order valence-electron chi connectivity index (χ2n) is 18.3. The Morgan fingerprint density at radius 1 is 0.877 bits per heavy atom. The number of hydrogen-bond donors (Lipinski definition) is 4. The molecule has 2 aliphatic rings. The van der Waals surface area contributed by atoms with E-state index in [4.69, 9.17) is 14.9 Å². The van der Waals surface area contributed by atoms with Crippen LogP contribution in [-0.2, 0) is 31.5 Å². The van der Waals surface area contributed by atoms with Crippen LogP contribution in [0.15, 0.2) is 147 Å². The third-order valence-electron chi connectivity index (χ3n) is 12.5. The molecule has 1 saturated carbocycles. The maximum Gasteiger partial charge on any atom is 0.337 e. The molecular formula is C55H69N9O8S. The average molecular weight is 1020 g/mol. The molecule has 18 heteroatoms. The molecule has 0 saturated heterocycles. The number of hydrogen-bond acceptors (Lipinski definition) is 13. The molecule has 0 radical (unpaired) electrons. The van der Waals surface area contributed by atoms with E-state index < -0.39 is 11.6 Å². The number of phenols is 1. The van der Waals surface area contributed by atoms with Crippen LogP contribution < -0.4 is 26.2 Å². The second-order valence-corrected chi connectivity index (χ2v) is 19.4. The lowest BCUT2D eigenvalue weighted by Crippen LogP contribution is -2.43. The number of imidazole rings is 1. The molecule has 3 atom stereocenters. The van der Waals surface area contributed by atoms with Crippen LogP contribution in [0.3, 0.4) is 0 Å². The number of phenolic OH excluding ortho intramolecular Hbond substituents is 1. The number of anilines is 3. The molecule has 9 rings (SSSR count). The highest BCUT2D eigenvalue weighted by atomic mass is 32.2. The van der Waals surface area contributed by atoms with E-state index in [0.717, 1.165) is 48.2 Å². The van der Waals surface area contributed by atoms with Crippen LogP contribution in [0.1, 0.15) is 55.5 Å². The van der Waals surface area contributed by atoms with Gasteiger partial charge in [0.25, 0.3) is 5.56 Å². The highest BCUT2D eigenvalue weighted by Gasteiger charge is 2.40. The molecule has 17 nitrogen and oxygen atoms in total. The van der Waals surface area contributed by atoms with Crippen molar-refractivity contribution < 1.29 is 29.6 Å². The van der Waals surface area contributed by atoms with Crippen molar-refractivity contribution in [3.8, 4) is 11.5 Å². The van der Waals surface area contributed by atoms with Crippen LogP contribution in [0.5, 0.6) is 11.5 Å². The first-order valence-corrected chi connectivity index (χ1v) is 24.7. The van der Waals surface area contributed by atoms with Crippen LogP contribution in [0, 0.1) is 5.92 Å². The smallest absolute Gasteiger partial charge is 0.337 e. The van der Waals surface area contributed by atoms with Crippen molar-refractivity contribution in [2.24, 2.45) is 27.1 Å². The summed E-state index contributed by atoms with van der Waals surface area (Å²) in [4.78, 5) is 61.0. The number of nitrogens with zero attached hydrogens (tertiary/aromatic N) is 8. The van der Waals surface area contributed by atoms with Crippen LogP contribution >= 0.6 is 11.8 Å². The maximum absolute atomic E-state index is 11.7. The number of methoxy groups -OCH3 is 1. The van der Waals surface area contributed by atoms with Gasteiger partial charge in [-0.25, -0.2) is 14.6 Å². The van der Waals surface area contributed by atoms with Crippen LogP contribution in [0.2, 0.25) is 0 Å². The monoisotopic (exact) mass is 1020 g/mol. The first-order chi connectivity index (χ1) is 34.7. The van der Waals surface area contributed by atoms with Gasteiger partial charge in [0.05, 0.1) is 36.0 Å². The summed E-state index contributed by atoms with van der Waals surface area (Å²) < 4.78 is 9.33. The molecule has 7 aromatic rings. The number of aliphatic hydroxyl groups is 1. The minimum Gasteiger partial charge on any atom is -0.508 e. The Kier molecular flexibility index (Phi) is 20.5. The van der Waals surface area contributed by atoms with Gasteiger partial charge in [-0.3, -0.25) is 23.7 Å². The normalized spacial score (nSPS) is 15.8. The highest BCUT2D eigenvalue weighted by Crippen LogP contribution is 2.48. The molecule has 1 aliphatic heterocycles. The molecule has 1 aliphatic carbocycles. The first kappa shape index (κ1) is 56.7. The zero-order valence-electron chi connectivity index (χ0n) is 43.4. The number of ether oxygens (including phenoxy) is 1. The van der Waals surface area contributed by atoms with E-state index in [1.54, 1.807) is 44.0 Å². The van der Waals surface area contributed by atoms with E-state index in [9.17, 15) is 24.3 Å². The molecule has 388 valence electrons. The molecular weight excluding hydrogens is 947 g/mol. The number of benzene rings is 4. The van der Waals surface area contributed by atoms with Crippen molar-refractivity contribution in [2.75, 3.05) is 58.6 Å². The molecule has 3 aromatic heterocycles. The number of carboxylic acids is 1.